The second kappa shape index (κ2) is 4.39. The minimum atomic E-state index is -0.172. The monoisotopic (exact) mass is 249 g/mol. The third-order valence-corrected chi connectivity index (χ3v) is 4.92. The number of fused-ring (bicyclic) bond motifs is 1. The van der Waals surface area contributed by atoms with E-state index in [9.17, 15) is 4.39 Å². The lowest BCUT2D eigenvalue weighted by atomic mass is 9.81. The highest BCUT2D eigenvalue weighted by Gasteiger charge is 2.21. The van der Waals surface area contributed by atoms with Crippen molar-refractivity contribution in [2.75, 3.05) is 0 Å². The van der Waals surface area contributed by atoms with Gasteiger partial charge in [0.05, 0.1) is 0 Å². The van der Waals surface area contributed by atoms with Gasteiger partial charge in [0, 0.05) is 15.6 Å². The molecule has 1 saturated carbocycles. The van der Waals surface area contributed by atoms with Crippen molar-refractivity contribution in [3.63, 3.8) is 0 Å². The standard InChI is InChI=1S/C14H16FNS/c15-11-4-5-13-10(7-11)8-14(17-13)12(16)6-9-2-1-3-9/h4-5,7-9,12H,1-3,6,16H2. The van der Waals surface area contributed by atoms with Gasteiger partial charge >= 0.3 is 0 Å². The zero-order valence-electron chi connectivity index (χ0n) is 9.66. The zero-order valence-corrected chi connectivity index (χ0v) is 10.5. The average Bonchev–Trinajstić information content (AvgIpc) is 2.65. The molecule has 1 aromatic heterocycles. The predicted molar refractivity (Wildman–Crippen MR) is 70.7 cm³/mol. The van der Waals surface area contributed by atoms with Crippen LogP contribution in [-0.2, 0) is 0 Å². The fourth-order valence-electron chi connectivity index (χ4n) is 2.42. The van der Waals surface area contributed by atoms with E-state index in [1.807, 2.05) is 12.1 Å². The van der Waals surface area contributed by atoms with Crippen LogP contribution in [0.15, 0.2) is 24.3 Å². The first kappa shape index (κ1) is 11.2. The fourth-order valence-corrected chi connectivity index (χ4v) is 3.48. The van der Waals surface area contributed by atoms with Crippen molar-refractivity contribution >= 4 is 21.4 Å². The van der Waals surface area contributed by atoms with Gasteiger partial charge < -0.3 is 5.73 Å². The van der Waals surface area contributed by atoms with E-state index < -0.39 is 0 Å². The van der Waals surface area contributed by atoms with Crippen LogP contribution in [0.2, 0.25) is 0 Å². The van der Waals surface area contributed by atoms with E-state index in [0.29, 0.717) is 0 Å². The van der Waals surface area contributed by atoms with Gasteiger partial charge in [-0.1, -0.05) is 19.3 Å². The van der Waals surface area contributed by atoms with Crippen LogP contribution in [0.5, 0.6) is 0 Å². The van der Waals surface area contributed by atoms with Crippen LogP contribution >= 0.6 is 11.3 Å². The van der Waals surface area contributed by atoms with Crippen molar-refractivity contribution in [3.8, 4) is 0 Å². The molecule has 0 bridgehead atoms. The summed E-state index contributed by atoms with van der Waals surface area (Å²) in [6.07, 6.45) is 5.09. The lowest BCUT2D eigenvalue weighted by Crippen LogP contribution is -2.19. The lowest BCUT2D eigenvalue weighted by Gasteiger charge is -2.27. The summed E-state index contributed by atoms with van der Waals surface area (Å²) in [4.78, 5) is 1.19. The first-order valence-corrected chi connectivity index (χ1v) is 6.98. The molecule has 2 aromatic rings. The molecule has 17 heavy (non-hydrogen) atoms. The fraction of sp³-hybridized carbons (Fsp3) is 0.429. The first-order valence-electron chi connectivity index (χ1n) is 6.17. The van der Waals surface area contributed by atoms with E-state index in [2.05, 4.69) is 0 Å². The van der Waals surface area contributed by atoms with Crippen LogP contribution in [-0.4, -0.2) is 0 Å². The Bertz CT molecular complexity index is 530. The highest BCUT2D eigenvalue weighted by molar-refractivity contribution is 7.19. The highest BCUT2D eigenvalue weighted by Crippen LogP contribution is 2.37. The Hall–Kier alpha value is -0.930. The van der Waals surface area contributed by atoms with Crippen LogP contribution in [0.1, 0.15) is 36.6 Å². The molecule has 1 aliphatic rings. The number of nitrogens with two attached hydrogens (primary N) is 1. The number of halogens is 1. The maximum atomic E-state index is 13.1. The molecule has 1 nitrogen and oxygen atoms in total. The highest BCUT2D eigenvalue weighted by atomic mass is 32.1. The molecule has 1 unspecified atom stereocenters. The molecule has 2 N–H and O–H groups in total. The summed E-state index contributed by atoms with van der Waals surface area (Å²) in [7, 11) is 0. The topological polar surface area (TPSA) is 26.0 Å². The van der Waals surface area contributed by atoms with Crippen LogP contribution < -0.4 is 5.73 Å². The molecular formula is C14H16FNS. The summed E-state index contributed by atoms with van der Waals surface area (Å²) in [5.41, 5.74) is 6.22. The molecule has 1 atom stereocenters. The molecule has 0 radical (unpaired) electrons. The van der Waals surface area contributed by atoms with E-state index in [1.165, 1.54) is 30.2 Å². The number of hydrogen-bond donors (Lipinski definition) is 1. The van der Waals surface area contributed by atoms with E-state index >= 15 is 0 Å². The lowest BCUT2D eigenvalue weighted by molar-refractivity contribution is 0.278. The van der Waals surface area contributed by atoms with Crippen LogP contribution in [0, 0.1) is 11.7 Å². The third-order valence-electron chi connectivity index (χ3n) is 3.67. The number of thiophene rings is 1. The summed E-state index contributed by atoms with van der Waals surface area (Å²) in [5, 5.41) is 0.981. The third kappa shape index (κ3) is 2.22. The molecule has 0 saturated heterocycles. The van der Waals surface area contributed by atoms with Crippen LogP contribution in [0.3, 0.4) is 0 Å². The number of benzene rings is 1. The first-order chi connectivity index (χ1) is 8.22. The van der Waals surface area contributed by atoms with E-state index in [0.717, 1.165) is 22.4 Å². The maximum Gasteiger partial charge on any atom is 0.123 e. The van der Waals surface area contributed by atoms with Crippen LogP contribution in [0.4, 0.5) is 4.39 Å². The summed E-state index contributed by atoms with van der Waals surface area (Å²) in [6, 6.07) is 7.12. The van der Waals surface area contributed by atoms with E-state index in [-0.39, 0.29) is 11.9 Å². The summed E-state index contributed by atoms with van der Waals surface area (Å²) < 4.78 is 14.2. The van der Waals surface area contributed by atoms with Gasteiger partial charge in [0.25, 0.3) is 0 Å². The molecule has 90 valence electrons. The van der Waals surface area contributed by atoms with Gasteiger partial charge in [-0.15, -0.1) is 11.3 Å². The van der Waals surface area contributed by atoms with Crippen LogP contribution in [0.25, 0.3) is 10.1 Å². The molecule has 3 heteroatoms. The summed E-state index contributed by atoms with van der Waals surface area (Å²) in [6.45, 7) is 0. The Morgan fingerprint density at radius 3 is 2.88 bits per heavy atom. The van der Waals surface area contributed by atoms with Crippen molar-refractivity contribution in [2.45, 2.75) is 31.7 Å². The van der Waals surface area contributed by atoms with E-state index in [4.69, 9.17) is 5.73 Å². The molecule has 0 aliphatic heterocycles. The van der Waals surface area contributed by atoms with Crippen molar-refractivity contribution in [3.05, 3.63) is 35.0 Å². The second-order valence-corrected chi connectivity index (χ2v) is 6.09. The van der Waals surface area contributed by atoms with Gasteiger partial charge in [0.1, 0.15) is 5.82 Å². The Morgan fingerprint density at radius 2 is 2.18 bits per heavy atom. The Kier molecular flexibility index (Phi) is 2.89. The van der Waals surface area contributed by atoms with Gasteiger partial charge in [-0.05, 0) is 42.0 Å². The molecule has 3 rings (SSSR count). The molecule has 1 heterocycles. The Morgan fingerprint density at radius 1 is 1.35 bits per heavy atom. The predicted octanol–water partition coefficient (Wildman–Crippen LogP) is 4.23. The minimum absolute atomic E-state index is 0.126. The number of rotatable bonds is 3. The summed E-state index contributed by atoms with van der Waals surface area (Å²) in [5.74, 6) is 0.640. The molecular weight excluding hydrogens is 233 g/mol. The molecule has 1 fully saturated rings. The van der Waals surface area contributed by atoms with Crippen molar-refractivity contribution in [1.82, 2.24) is 0 Å². The zero-order chi connectivity index (χ0) is 11.8. The van der Waals surface area contributed by atoms with E-state index in [1.54, 1.807) is 17.4 Å². The normalized spacial score (nSPS) is 18.2. The van der Waals surface area contributed by atoms with Crippen molar-refractivity contribution < 1.29 is 4.39 Å². The Labute approximate surface area is 104 Å². The molecule has 0 spiro atoms. The largest absolute Gasteiger partial charge is 0.323 e. The number of hydrogen-bond acceptors (Lipinski definition) is 2. The maximum absolute atomic E-state index is 13.1. The average molecular weight is 249 g/mol. The quantitative estimate of drug-likeness (QED) is 0.865. The van der Waals surface area contributed by atoms with Gasteiger partial charge in [-0.25, -0.2) is 4.39 Å². The van der Waals surface area contributed by atoms with Gasteiger partial charge in [0.2, 0.25) is 0 Å². The van der Waals surface area contributed by atoms with Gasteiger partial charge in [0.15, 0.2) is 0 Å². The van der Waals surface area contributed by atoms with Gasteiger partial charge in [-0.2, -0.15) is 0 Å². The minimum Gasteiger partial charge on any atom is -0.323 e. The smallest absolute Gasteiger partial charge is 0.123 e. The van der Waals surface area contributed by atoms with Crippen molar-refractivity contribution in [2.24, 2.45) is 11.7 Å². The molecule has 0 amide bonds. The SMILES string of the molecule is NC(CC1CCC1)c1cc2cc(F)ccc2s1. The van der Waals surface area contributed by atoms with Gasteiger partial charge in [-0.3, -0.25) is 0 Å². The summed E-state index contributed by atoms with van der Waals surface area (Å²) >= 11 is 1.70. The van der Waals surface area contributed by atoms with Crippen molar-refractivity contribution in [1.29, 1.82) is 0 Å². The second-order valence-electron chi connectivity index (χ2n) is 4.97. The molecule has 1 aromatic carbocycles. The molecule has 1 aliphatic carbocycles. The Balaban J connectivity index is 1.83.